The van der Waals surface area contributed by atoms with Crippen LogP contribution in [0.2, 0.25) is 0 Å². The number of allylic oxidation sites excluding steroid dienone is 2. The van der Waals surface area contributed by atoms with E-state index < -0.39 is 0 Å². The summed E-state index contributed by atoms with van der Waals surface area (Å²) in [6, 6.07) is 3.77. The normalized spacial score (nSPS) is 11.0. The van der Waals surface area contributed by atoms with Crippen LogP contribution in [0.4, 0.5) is 0 Å². The van der Waals surface area contributed by atoms with Gasteiger partial charge in [-0.2, -0.15) is 10.5 Å². The van der Waals surface area contributed by atoms with E-state index in [9.17, 15) is 0 Å². The molecule has 0 bridgehead atoms. The summed E-state index contributed by atoms with van der Waals surface area (Å²) in [6.45, 7) is 5.90. The fourth-order valence-corrected chi connectivity index (χ4v) is 0.754. The smallest absolute Gasteiger partial charge is 0.128 e. The molecular formula is C9H12N2. The third kappa shape index (κ3) is 2.43. The van der Waals surface area contributed by atoms with Gasteiger partial charge in [-0.05, 0) is 24.8 Å². The van der Waals surface area contributed by atoms with Crippen molar-refractivity contribution < 1.29 is 0 Å². The van der Waals surface area contributed by atoms with Gasteiger partial charge in [-0.15, -0.1) is 0 Å². The Labute approximate surface area is 67.8 Å². The molecule has 0 aromatic rings. The van der Waals surface area contributed by atoms with Gasteiger partial charge in [0.25, 0.3) is 0 Å². The molecule has 0 radical (unpaired) electrons. The molecular weight excluding hydrogens is 136 g/mol. The molecule has 0 saturated heterocycles. The third-order valence-electron chi connectivity index (χ3n) is 1.97. The highest BCUT2D eigenvalue weighted by molar-refractivity contribution is 5.39. The van der Waals surface area contributed by atoms with Gasteiger partial charge in [0.1, 0.15) is 17.7 Å². The van der Waals surface area contributed by atoms with E-state index >= 15 is 0 Å². The summed E-state index contributed by atoms with van der Waals surface area (Å²) in [7, 11) is 0. The summed E-state index contributed by atoms with van der Waals surface area (Å²) in [5.41, 5.74) is 1.16. The predicted molar refractivity (Wildman–Crippen MR) is 43.4 cm³/mol. The molecule has 0 saturated carbocycles. The Morgan fingerprint density at radius 3 is 2.09 bits per heavy atom. The molecule has 0 aromatic heterocycles. The molecule has 0 aliphatic carbocycles. The molecule has 0 aliphatic rings. The van der Waals surface area contributed by atoms with Crippen molar-refractivity contribution in [1.29, 1.82) is 10.5 Å². The van der Waals surface area contributed by atoms with E-state index in [-0.39, 0.29) is 5.57 Å². The van der Waals surface area contributed by atoms with E-state index in [1.165, 1.54) is 0 Å². The van der Waals surface area contributed by atoms with E-state index in [0.717, 1.165) is 12.0 Å². The molecule has 0 spiro atoms. The number of nitrogens with zero attached hydrogens (tertiary/aromatic N) is 2. The van der Waals surface area contributed by atoms with Crippen LogP contribution in [0.1, 0.15) is 27.2 Å². The van der Waals surface area contributed by atoms with Gasteiger partial charge in [-0.1, -0.05) is 13.8 Å². The van der Waals surface area contributed by atoms with E-state index in [0.29, 0.717) is 5.92 Å². The lowest BCUT2D eigenvalue weighted by Gasteiger charge is -2.07. The first-order chi connectivity index (χ1) is 5.17. The van der Waals surface area contributed by atoms with Gasteiger partial charge in [0, 0.05) is 0 Å². The second-order valence-electron chi connectivity index (χ2n) is 2.59. The van der Waals surface area contributed by atoms with Crippen molar-refractivity contribution in [3.05, 3.63) is 11.1 Å². The maximum atomic E-state index is 8.51. The van der Waals surface area contributed by atoms with Crippen LogP contribution < -0.4 is 0 Å². The molecule has 0 amide bonds. The summed E-state index contributed by atoms with van der Waals surface area (Å²) >= 11 is 0. The Kier molecular flexibility index (Phi) is 4.00. The molecule has 11 heavy (non-hydrogen) atoms. The molecule has 0 heterocycles. The quantitative estimate of drug-likeness (QED) is 0.564. The zero-order valence-electron chi connectivity index (χ0n) is 7.18. The van der Waals surface area contributed by atoms with Gasteiger partial charge >= 0.3 is 0 Å². The van der Waals surface area contributed by atoms with Gasteiger partial charge in [0.05, 0.1) is 0 Å². The average Bonchev–Trinajstić information content (AvgIpc) is 2.05. The minimum Gasteiger partial charge on any atom is -0.192 e. The summed E-state index contributed by atoms with van der Waals surface area (Å²) in [5.74, 6) is 0.337. The van der Waals surface area contributed by atoms with Crippen molar-refractivity contribution in [2.24, 2.45) is 5.92 Å². The van der Waals surface area contributed by atoms with Gasteiger partial charge in [0.15, 0.2) is 0 Å². The van der Waals surface area contributed by atoms with E-state index in [2.05, 4.69) is 0 Å². The van der Waals surface area contributed by atoms with Crippen LogP contribution in [-0.2, 0) is 0 Å². The molecule has 0 fully saturated rings. The molecule has 0 aliphatic heterocycles. The maximum Gasteiger partial charge on any atom is 0.128 e. The lowest BCUT2D eigenvalue weighted by molar-refractivity contribution is 0.653. The van der Waals surface area contributed by atoms with Crippen LogP contribution in [0.3, 0.4) is 0 Å². The lowest BCUT2D eigenvalue weighted by atomic mass is 9.96. The third-order valence-corrected chi connectivity index (χ3v) is 1.97. The van der Waals surface area contributed by atoms with E-state index in [1.807, 2.05) is 32.9 Å². The van der Waals surface area contributed by atoms with Gasteiger partial charge in [-0.3, -0.25) is 0 Å². The highest BCUT2D eigenvalue weighted by Gasteiger charge is 2.06. The fourth-order valence-electron chi connectivity index (χ4n) is 0.754. The van der Waals surface area contributed by atoms with Crippen molar-refractivity contribution in [3.8, 4) is 12.1 Å². The topological polar surface area (TPSA) is 47.6 Å². The SMILES string of the molecule is CCC(C)C(C)=C(C#N)C#N. The van der Waals surface area contributed by atoms with Crippen LogP contribution >= 0.6 is 0 Å². The molecule has 1 atom stereocenters. The van der Waals surface area contributed by atoms with Gasteiger partial charge in [0.2, 0.25) is 0 Å². The predicted octanol–water partition coefficient (Wildman–Crippen LogP) is 2.40. The molecule has 58 valence electrons. The fraction of sp³-hybridized carbons (Fsp3) is 0.556. The molecule has 0 rings (SSSR count). The Hall–Kier alpha value is -1.28. The highest BCUT2D eigenvalue weighted by atomic mass is 14.3. The second kappa shape index (κ2) is 4.52. The number of hydrogen-bond donors (Lipinski definition) is 0. The summed E-state index contributed by atoms with van der Waals surface area (Å²) in [6.07, 6.45) is 0.971. The van der Waals surface area contributed by atoms with Gasteiger partial charge < -0.3 is 0 Å². The second-order valence-corrected chi connectivity index (χ2v) is 2.59. The highest BCUT2D eigenvalue weighted by Crippen LogP contribution is 2.16. The van der Waals surface area contributed by atoms with Crippen LogP contribution in [0, 0.1) is 28.6 Å². The molecule has 0 aromatic carbocycles. The first kappa shape index (κ1) is 9.72. The van der Waals surface area contributed by atoms with Crippen molar-refractivity contribution in [1.82, 2.24) is 0 Å². The number of nitriles is 2. The van der Waals surface area contributed by atoms with Crippen molar-refractivity contribution in [3.63, 3.8) is 0 Å². The van der Waals surface area contributed by atoms with Crippen molar-refractivity contribution >= 4 is 0 Å². The first-order valence-electron chi connectivity index (χ1n) is 3.68. The van der Waals surface area contributed by atoms with E-state index in [4.69, 9.17) is 10.5 Å². The van der Waals surface area contributed by atoms with Crippen LogP contribution in [0.15, 0.2) is 11.1 Å². The minimum absolute atomic E-state index is 0.263. The number of hydrogen-bond acceptors (Lipinski definition) is 2. The molecule has 0 N–H and O–H groups in total. The van der Waals surface area contributed by atoms with Crippen molar-refractivity contribution in [2.75, 3.05) is 0 Å². The summed E-state index contributed by atoms with van der Waals surface area (Å²) in [5, 5.41) is 17.0. The molecule has 2 nitrogen and oxygen atoms in total. The van der Waals surface area contributed by atoms with Crippen LogP contribution in [0.25, 0.3) is 0 Å². The monoisotopic (exact) mass is 148 g/mol. The Morgan fingerprint density at radius 2 is 1.82 bits per heavy atom. The Bertz CT molecular complexity index is 221. The van der Waals surface area contributed by atoms with Crippen LogP contribution in [-0.4, -0.2) is 0 Å². The minimum atomic E-state index is 0.263. The Balaban J connectivity index is 4.68. The maximum absolute atomic E-state index is 8.51. The number of rotatable bonds is 2. The first-order valence-corrected chi connectivity index (χ1v) is 3.68. The Morgan fingerprint density at radius 1 is 1.36 bits per heavy atom. The zero-order chi connectivity index (χ0) is 8.85. The summed E-state index contributed by atoms with van der Waals surface area (Å²) in [4.78, 5) is 0. The standard InChI is InChI=1S/C9H12N2/c1-4-7(2)8(3)9(5-10)6-11/h7H,4H2,1-3H3. The van der Waals surface area contributed by atoms with Gasteiger partial charge in [-0.25, -0.2) is 0 Å². The summed E-state index contributed by atoms with van der Waals surface area (Å²) < 4.78 is 0. The van der Waals surface area contributed by atoms with E-state index in [1.54, 1.807) is 0 Å². The largest absolute Gasteiger partial charge is 0.192 e. The molecule has 1 unspecified atom stereocenters. The lowest BCUT2D eigenvalue weighted by Crippen LogP contribution is -1.96. The van der Waals surface area contributed by atoms with Crippen LogP contribution in [0.5, 0.6) is 0 Å². The average molecular weight is 148 g/mol. The van der Waals surface area contributed by atoms with Crippen molar-refractivity contribution in [2.45, 2.75) is 27.2 Å². The molecule has 2 heteroatoms. The zero-order valence-corrected chi connectivity index (χ0v) is 7.18.